The zero-order chi connectivity index (χ0) is 24.5. The largest absolute Gasteiger partial charge is 0.485 e. The SMILES string of the molecule is O=C(O)Cc1ccc(-c2ccccc2)c(F)c1OCc1c(-c2c(Cl)cccc2Cl)noc1C1CC1. The van der Waals surface area contributed by atoms with Gasteiger partial charge in [0.1, 0.15) is 18.1 Å². The van der Waals surface area contributed by atoms with Gasteiger partial charge < -0.3 is 14.4 Å². The van der Waals surface area contributed by atoms with E-state index in [-0.39, 0.29) is 30.3 Å². The Balaban J connectivity index is 1.56. The van der Waals surface area contributed by atoms with Crippen LogP contribution in [0, 0.1) is 5.82 Å². The van der Waals surface area contributed by atoms with Crippen LogP contribution in [0.3, 0.4) is 0 Å². The molecule has 0 unspecified atom stereocenters. The first kappa shape index (κ1) is 23.4. The molecule has 0 spiro atoms. The summed E-state index contributed by atoms with van der Waals surface area (Å²) in [7, 11) is 0. The van der Waals surface area contributed by atoms with Crippen LogP contribution in [0.1, 0.15) is 35.6 Å². The average Bonchev–Trinajstić information content (AvgIpc) is 3.60. The number of hydrogen-bond donors (Lipinski definition) is 1. The molecule has 5 nitrogen and oxygen atoms in total. The van der Waals surface area contributed by atoms with Gasteiger partial charge in [0.2, 0.25) is 0 Å². The van der Waals surface area contributed by atoms with E-state index >= 15 is 4.39 Å². The Morgan fingerprint density at radius 3 is 2.43 bits per heavy atom. The molecule has 3 aromatic carbocycles. The Morgan fingerprint density at radius 1 is 1.06 bits per heavy atom. The molecular weight excluding hydrogens is 492 g/mol. The van der Waals surface area contributed by atoms with Crippen molar-refractivity contribution in [2.75, 3.05) is 0 Å². The fourth-order valence-electron chi connectivity index (χ4n) is 4.09. The molecule has 35 heavy (non-hydrogen) atoms. The highest BCUT2D eigenvalue weighted by molar-refractivity contribution is 6.39. The number of aliphatic carboxylic acids is 1. The molecule has 8 heteroatoms. The normalized spacial score (nSPS) is 13.1. The van der Waals surface area contributed by atoms with Gasteiger partial charge in [0.15, 0.2) is 11.6 Å². The lowest BCUT2D eigenvalue weighted by Crippen LogP contribution is -2.08. The summed E-state index contributed by atoms with van der Waals surface area (Å²) in [5.41, 5.74) is 2.77. The summed E-state index contributed by atoms with van der Waals surface area (Å²) in [6.45, 7) is -0.0893. The first-order chi connectivity index (χ1) is 16.9. The quantitative estimate of drug-likeness (QED) is 0.264. The van der Waals surface area contributed by atoms with E-state index in [1.54, 1.807) is 54.6 Å². The smallest absolute Gasteiger partial charge is 0.307 e. The number of carbonyl (C=O) groups is 1. The summed E-state index contributed by atoms with van der Waals surface area (Å²) in [5, 5.41) is 14.4. The monoisotopic (exact) mass is 511 g/mol. The van der Waals surface area contributed by atoms with E-state index in [9.17, 15) is 9.90 Å². The lowest BCUT2D eigenvalue weighted by atomic mass is 10.0. The van der Waals surface area contributed by atoms with Crippen LogP contribution in [0.4, 0.5) is 4.39 Å². The van der Waals surface area contributed by atoms with Gasteiger partial charge in [-0.1, -0.05) is 76.9 Å². The van der Waals surface area contributed by atoms with E-state index in [1.165, 1.54) is 0 Å². The Morgan fingerprint density at radius 2 is 1.77 bits per heavy atom. The van der Waals surface area contributed by atoms with Gasteiger partial charge in [0.05, 0.1) is 22.0 Å². The van der Waals surface area contributed by atoms with Gasteiger partial charge >= 0.3 is 5.97 Å². The zero-order valence-corrected chi connectivity index (χ0v) is 19.9. The van der Waals surface area contributed by atoms with Gasteiger partial charge in [-0.05, 0) is 30.5 Å². The second-order valence-electron chi connectivity index (χ2n) is 8.39. The molecule has 0 aliphatic heterocycles. The fraction of sp³-hybridized carbons (Fsp3) is 0.185. The van der Waals surface area contributed by atoms with Crippen molar-refractivity contribution in [3.05, 3.63) is 93.4 Å². The van der Waals surface area contributed by atoms with E-state index in [2.05, 4.69) is 5.16 Å². The lowest BCUT2D eigenvalue weighted by Gasteiger charge is -2.15. The second kappa shape index (κ2) is 9.72. The van der Waals surface area contributed by atoms with Gasteiger partial charge in [-0.15, -0.1) is 0 Å². The van der Waals surface area contributed by atoms with Crippen LogP contribution in [0.2, 0.25) is 10.0 Å². The van der Waals surface area contributed by atoms with Crippen molar-refractivity contribution < 1.29 is 23.6 Å². The maximum Gasteiger partial charge on any atom is 0.307 e. The number of aromatic nitrogens is 1. The molecule has 1 saturated carbocycles. The van der Waals surface area contributed by atoms with E-state index < -0.39 is 11.8 Å². The Kier molecular flexibility index (Phi) is 6.50. The molecule has 1 heterocycles. The highest BCUT2D eigenvalue weighted by Crippen LogP contribution is 2.46. The number of carboxylic acids is 1. The van der Waals surface area contributed by atoms with Crippen LogP contribution in [0.15, 0.2) is 65.2 Å². The molecule has 0 amide bonds. The van der Waals surface area contributed by atoms with Crippen LogP contribution in [0.25, 0.3) is 22.4 Å². The van der Waals surface area contributed by atoms with Crippen molar-refractivity contribution in [1.29, 1.82) is 0 Å². The third-order valence-corrected chi connectivity index (χ3v) is 6.56. The summed E-state index contributed by atoms with van der Waals surface area (Å²) < 4.78 is 27.4. The maximum absolute atomic E-state index is 15.7. The molecule has 4 aromatic rings. The third kappa shape index (κ3) is 4.77. The Labute approximate surface area is 211 Å². The van der Waals surface area contributed by atoms with Gasteiger partial charge in [-0.3, -0.25) is 4.79 Å². The van der Waals surface area contributed by atoms with Crippen molar-refractivity contribution in [2.45, 2.75) is 31.8 Å². The minimum absolute atomic E-state index is 0.0893. The summed E-state index contributed by atoms with van der Waals surface area (Å²) >= 11 is 12.8. The molecule has 178 valence electrons. The molecule has 1 fully saturated rings. The third-order valence-electron chi connectivity index (χ3n) is 5.93. The van der Waals surface area contributed by atoms with Crippen LogP contribution < -0.4 is 4.74 Å². The molecule has 1 N–H and O–H groups in total. The van der Waals surface area contributed by atoms with Crippen molar-refractivity contribution in [3.63, 3.8) is 0 Å². The highest BCUT2D eigenvalue weighted by atomic mass is 35.5. The second-order valence-corrected chi connectivity index (χ2v) is 9.20. The maximum atomic E-state index is 15.7. The molecule has 1 aromatic heterocycles. The van der Waals surface area contributed by atoms with Crippen LogP contribution >= 0.6 is 23.2 Å². The number of benzene rings is 3. The van der Waals surface area contributed by atoms with Gasteiger partial charge in [0, 0.05) is 22.6 Å². The summed E-state index contributed by atoms with van der Waals surface area (Å²) in [5.74, 6) is -0.996. The topological polar surface area (TPSA) is 72.6 Å². The van der Waals surface area contributed by atoms with Gasteiger partial charge in [0.25, 0.3) is 0 Å². The summed E-state index contributed by atoms with van der Waals surface area (Å²) in [4.78, 5) is 11.5. The zero-order valence-electron chi connectivity index (χ0n) is 18.4. The van der Waals surface area contributed by atoms with Gasteiger partial charge in [-0.2, -0.15) is 0 Å². The number of halogens is 3. The molecule has 0 radical (unpaired) electrons. The molecule has 1 aliphatic carbocycles. The molecule has 1 aliphatic rings. The average molecular weight is 512 g/mol. The van der Waals surface area contributed by atoms with Crippen LogP contribution in [-0.2, 0) is 17.8 Å². The fourth-order valence-corrected chi connectivity index (χ4v) is 4.66. The van der Waals surface area contributed by atoms with Crippen molar-refractivity contribution in [2.24, 2.45) is 0 Å². The molecule has 0 bridgehead atoms. The summed E-state index contributed by atoms with van der Waals surface area (Å²) in [6, 6.07) is 17.3. The molecule has 0 saturated heterocycles. The van der Waals surface area contributed by atoms with Crippen LogP contribution in [-0.4, -0.2) is 16.2 Å². The van der Waals surface area contributed by atoms with Gasteiger partial charge in [-0.25, -0.2) is 4.39 Å². The number of nitrogens with zero attached hydrogens (tertiary/aromatic N) is 1. The number of rotatable bonds is 8. The molecular formula is C27H20Cl2FNO4. The van der Waals surface area contributed by atoms with E-state index in [0.717, 1.165) is 12.8 Å². The number of hydrogen-bond acceptors (Lipinski definition) is 4. The number of ether oxygens (including phenoxy) is 1. The molecule has 5 rings (SSSR count). The van der Waals surface area contributed by atoms with E-state index in [1.807, 2.05) is 6.07 Å². The predicted octanol–water partition coefficient (Wildman–Crippen LogP) is 7.54. The molecule has 0 atom stereocenters. The van der Waals surface area contributed by atoms with E-state index in [4.69, 9.17) is 32.5 Å². The van der Waals surface area contributed by atoms with E-state index in [0.29, 0.717) is 43.8 Å². The van der Waals surface area contributed by atoms with Crippen LogP contribution in [0.5, 0.6) is 5.75 Å². The Bertz CT molecular complexity index is 1380. The first-order valence-corrected chi connectivity index (χ1v) is 11.8. The predicted molar refractivity (Wildman–Crippen MR) is 131 cm³/mol. The van der Waals surface area contributed by atoms with Crippen molar-refractivity contribution in [1.82, 2.24) is 5.16 Å². The van der Waals surface area contributed by atoms with Crippen molar-refractivity contribution >= 4 is 29.2 Å². The highest BCUT2D eigenvalue weighted by Gasteiger charge is 2.34. The Hall–Kier alpha value is -3.35. The summed E-state index contributed by atoms with van der Waals surface area (Å²) in [6.07, 6.45) is 1.50. The minimum atomic E-state index is -1.09. The number of carboxylic acid groups (broad SMARTS) is 1. The lowest BCUT2D eigenvalue weighted by molar-refractivity contribution is -0.136. The first-order valence-electron chi connectivity index (χ1n) is 11.1. The standard InChI is InChI=1S/C27H20Cl2FNO4/c28-20-7-4-8-21(29)23(20)25-19(26(35-31-25)16-9-10-16)14-34-27-17(13-22(32)33)11-12-18(24(27)30)15-5-2-1-3-6-15/h1-8,11-12,16H,9-10,13-14H2,(H,32,33). The van der Waals surface area contributed by atoms with Crippen molar-refractivity contribution in [3.8, 4) is 28.1 Å². The minimum Gasteiger partial charge on any atom is -0.485 e.